The van der Waals surface area contributed by atoms with Crippen LogP contribution in [0.3, 0.4) is 0 Å². The van der Waals surface area contributed by atoms with Gasteiger partial charge in [-0.3, -0.25) is 14.4 Å². The maximum atomic E-state index is 11.7. The zero-order valence-corrected chi connectivity index (χ0v) is 7.54. The lowest BCUT2D eigenvalue weighted by molar-refractivity contribution is -0.183. The van der Waals surface area contributed by atoms with Crippen molar-refractivity contribution in [1.82, 2.24) is 5.06 Å². The third-order valence-corrected chi connectivity index (χ3v) is 3.05. The molecule has 4 atom stereocenters. The van der Waals surface area contributed by atoms with Crippen LogP contribution in [0, 0.1) is 11.8 Å². The van der Waals surface area contributed by atoms with Crippen molar-refractivity contribution >= 4 is 11.8 Å². The van der Waals surface area contributed by atoms with Crippen LogP contribution in [0.4, 0.5) is 0 Å². The third-order valence-electron chi connectivity index (χ3n) is 3.05. The monoisotopic (exact) mass is 195 g/mol. The maximum Gasteiger partial charge on any atom is 0.260 e. The molecule has 14 heavy (non-hydrogen) atoms. The van der Waals surface area contributed by atoms with E-state index in [0.717, 1.165) is 5.06 Å². The first-order valence-corrected chi connectivity index (χ1v) is 4.50. The molecule has 0 aromatic carbocycles. The molecular formula is C9H9NO4. The summed E-state index contributed by atoms with van der Waals surface area (Å²) in [6, 6.07) is 0. The standard InChI is InChI=1S/C9H9NO4/c1-13-10-8(11)6-4-2-3-5(14-4)7(6)9(10)12/h2-7H,1H3/t4-,5-,6-,7-/m1/s1. The Labute approximate surface area is 80.2 Å². The number of hydrogen-bond donors (Lipinski definition) is 0. The Bertz CT molecular complexity index is 321. The molecule has 74 valence electrons. The summed E-state index contributed by atoms with van der Waals surface area (Å²) in [6.07, 6.45) is 3.22. The maximum absolute atomic E-state index is 11.7. The number of nitrogens with zero attached hydrogens (tertiary/aromatic N) is 1. The number of hydrogen-bond acceptors (Lipinski definition) is 4. The quantitative estimate of drug-likeness (QED) is 0.417. The number of hydroxylamine groups is 2. The molecule has 0 saturated carbocycles. The van der Waals surface area contributed by atoms with Crippen LogP contribution in [-0.4, -0.2) is 36.2 Å². The van der Waals surface area contributed by atoms with Crippen molar-refractivity contribution in [3.8, 4) is 0 Å². The molecule has 0 aromatic rings. The highest BCUT2D eigenvalue weighted by Gasteiger charge is 2.61. The van der Waals surface area contributed by atoms with Crippen molar-refractivity contribution in [2.75, 3.05) is 7.11 Å². The summed E-state index contributed by atoms with van der Waals surface area (Å²) in [5, 5.41) is 0.852. The van der Waals surface area contributed by atoms with Crippen LogP contribution in [0.2, 0.25) is 0 Å². The van der Waals surface area contributed by atoms with Crippen LogP contribution in [0.15, 0.2) is 12.2 Å². The largest absolute Gasteiger partial charge is 0.365 e. The fraction of sp³-hybridized carbons (Fsp3) is 0.556. The molecule has 3 rings (SSSR count). The highest BCUT2D eigenvalue weighted by Crippen LogP contribution is 2.44. The van der Waals surface area contributed by atoms with Gasteiger partial charge in [-0.2, -0.15) is 5.06 Å². The Morgan fingerprint density at radius 1 is 1.21 bits per heavy atom. The van der Waals surface area contributed by atoms with Gasteiger partial charge in [-0.05, 0) is 0 Å². The second kappa shape index (κ2) is 2.43. The van der Waals surface area contributed by atoms with E-state index in [1.54, 1.807) is 0 Å². The number of ether oxygens (including phenoxy) is 1. The van der Waals surface area contributed by atoms with Gasteiger partial charge in [0.2, 0.25) is 0 Å². The first-order valence-electron chi connectivity index (χ1n) is 4.50. The van der Waals surface area contributed by atoms with Gasteiger partial charge in [-0.1, -0.05) is 12.2 Å². The molecule has 0 aliphatic carbocycles. The number of carbonyl (C=O) groups is 2. The molecule has 2 bridgehead atoms. The first kappa shape index (κ1) is 8.14. The van der Waals surface area contributed by atoms with E-state index in [1.807, 2.05) is 12.2 Å². The summed E-state index contributed by atoms with van der Waals surface area (Å²) >= 11 is 0. The molecule has 0 aromatic heterocycles. The summed E-state index contributed by atoms with van der Waals surface area (Å²) in [5.74, 6) is -1.28. The Morgan fingerprint density at radius 3 is 2.14 bits per heavy atom. The van der Waals surface area contributed by atoms with Crippen molar-refractivity contribution in [1.29, 1.82) is 0 Å². The van der Waals surface area contributed by atoms with Crippen LogP contribution in [0.1, 0.15) is 0 Å². The van der Waals surface area contributed by atoms with Crippen molar-refractivity contribution in [3.63, 3.8) is 0 Å². The van der Waals surface area contributed by atoms with E-state index in [9.17, 15) is 9.59 Å². The minimum atomic E-state index is -0.363. The summed E-state index contributed by atoms with van der Waals surface area (Å²) in [6.45, 7) is 0. The fourth-order valence-corrected chi connectivity index (χ4v) is 2.46. The van der Waals surface area contributed by atoms with Gasteiger partial charge in [0.25, 0.3) is 11.8 Å². The smallest absolute Gasteiger partial charge is 0.260 e. The van der Waals surface area contributed by atoms with E-state index in [1.165, 1.54) is 7.11 Å². The summed E-state index contributed by atoms with van der Waals surface area (Å²) in [5.41, 5.74) is 0. The van der Waals surface area contributed by atoms with Crippen molar-refractivity contribution < 1.29 is 19.2 Å². The topological polar surface area (TPSA) is 55.8 Å². The van der Waals surface area contributed by atoms with E-state index in [4.69, 9.17) is 9.57 Å². The molecule has 2 saturated heterocycles. The van der Waals surface area contributed by atoms with Gasteiger partial charge in [0.15, 0.2) is 0 Å². The number of amides is 2. The molecule has 0 radical (unpaired) electrons. The number of imide groups is 1. The Kier molecular flexibility index (Phi) is 1.41. The van der Waals surface area contributed by atoms with Gasteiger partial charge in [-0.15, -0.1) is 0 Å². The highest BCUT2D eigenvalue weighted by atomic mass is 16.7. The van der Waals surface area contributed by atoms with E-state index in [0.29, 0.717) is 0 Å². The zero-order valence-electron chi connectivity index (χ0n) is 7.54. The van der Waals surface area contributed by atoms with Crippen LogP contribution in [0.5, 0.6) is 0 Å². The van der Waals surface area contributed by atoms with Gasteiger partial charge >= 0.3 is 0 Å². The molecule has 2 fully saturated rings. The minimum absolute atomic E-state index is 0.235. The van der Waals surface area contributed by atoms with Gasteiger partial charge in [0.1, 0.15) is 0 Å². The minimum Gasteiger partial charge on any atom is -0.365 e. The lowest BCUT2D eigenvalue weighted by atomic mass is 9.85. The SMILES string of the molecule is CON1C(=O)[C@H]2[C@H](C1=O)[C@H]1C=C[C@H]2O1. The Morgan fingerprint density at radius 2 is 1.71 bits per heavy atom. The van der Waals surface area contributed by atoms with Crippen LogP contribution < -0.4 is 0 Å². The third kappa shape index (κ3) is 0.726. The molecule has 3 aliphatic heterocycles. The Hall–Kier alpha value is -1.20. The van der Waals surface area contributed by atoms with Gasteiger partial charge in [0, 0.05) is 0 Å². The Balaban J connectivity index is 2.02. The molecule has 2 amide bonds. The second-order valence-electron chi connectivity index (χ2n) is 3.66. The molecule has 0 N–H and O–H groups in total. The lowest BCUT2D eigenvalue weighted by Gasteiger charge is -2.13. The average molecular weight is 195 g/mol. The first-order chi connectivity index (χ1) is 6.74. The van der Waals surface area contributed by atoms with Crippen molar-refractivity contribution in [2.45, 2.75) is 12.2 Å². The van der Waals surface area contributed by atoms with Crippen LogP contribution >= 0.6 is 0 Å². The molecule has 3 heterocycles. The number of fused-ring (bicyclic) bond motifs is 5. The fourth-order valence-electron chi connectivity index (χ4n) is 2.46. The summed E-state index contributed by atoms with van der Waals surface area (Å²) in [7, 11) is 1.33. The number of carbonyl (C=O) groups excluding carboxylic acids is 2. The van der Waals surface area contributed by atoms with Crippen LogP contribution in [0.25, 0.3) is 0 Å². The highest BCUT2D eigenvalue weighted by molar-refractivity contribution is 6.05. The molecule has 0 spiro atoms. The molecule has 3 aliphatic rings. The second-order valence-corrected chi connectivity index (χ2v) is 3.66. The van der Waals surface area contributed by atoms with Crippen LogP contribution in [-0.2, 0) is 19.2 Å². The number of rotatable bonds is 1. The summed E-state index contributed by atoms with van der Waals surface area (Å²) < 4.78 is 5.44. The zero-order chi connectivity index (χ0) is 9.87. The predicted octanol–water partition coefficient (Wildman–Crippen LogP) is -0.514. The molecule has 0 unspecified atom stereocenters. The van der Waals surface area contributed by atoms with Crippen molar-refractivity contribution in [3.05, 3.63) is 12.2 Å². The molecular weight excluding hydrogens is 186 g/mol. The van der Waals surface area contributed by atoms with Gasteiger partial charge in [0.05, 0.1) is 31.2 Å². The normalized spacial score (nSPS) is 43.9. The van der Waals surface area contributed by atoms with E-state index in [-0.39, 0.29) is 35.9 Å². The van der Waals surface area contributed by atoms with E-state index in [2.05, 4.69) is 0 Å². The van der Waals surface area contributed by atoms with Crippen molar-refractivity contribution in [2.24, 2.45) is 11.8 Å². The molecule has 5 heteroatoms. The van der Waals surface area contributed by atoms with E-state index < -0.39 is 0 Å². The molecule has 5 nitrogen and oxygen atoms in total. The lowest BCUT2D eigenvalue weighted by Crippen LogP contribution is -2.33. The predicted molar refractivity (Wildman–Crippen MR) is 43.6 cm³/mol. The van der Waals surface area contributed by atoms with Gasteiger partial charge < -0.3 is 4.74 Å². The van der Waals surface area contributed by atoms with E-state index >= 15 is 0 Å². The van der Waals surface area contributed by atoms with Gasteiger partial charge in [-0.25, -0.2) is 0 Å². The summed E-state index contributed by atoms with van der Waals surface area (Å²) in [4.78, 5) is 28.1. The average Bonchev–Trinajstić information content (AvgIpc) is 2.80.